The number of likely N-dealkylation sites (N-methyl/N-ethyl adjacent to an activating group) is 1. The first kappa shape index (κ1) is 14.1. The molecule has 2 rings (SSSR count). The lowest BCUT2D eigenvalue weighted by atomic mass is 10.2. The van der Waals surface area contributed by atoms with Crippen LogP contribution in [0.2, 0.25) is 0 Å². The summed E-state index contributed by atoms with van der Waals surface area (Å²) in [6.45, 7) is 2.07. The lowest BCUT2D eigenvalue weighted by Gasteiger charge is -2.08. The monoisotopic (exact) mass is 276 g/mol. The molecule has 0 aliphatic carbocycles. The molecule has 0 saturated carbocycles. The van der Waals surface area contributed by atoms with Crippen molar-refractivity contribution >= 4 is 11.4 Å². The SMILES string of the molecule is CN(C)CCn1cc(COc2ccc(N)c(N)c2)nn1. The van der Waals surface area contributed by atoms with E-state index >= 15 is 0 Å². The van der Waals surface area contributed by atoms with Crippen LogP contribution in [0.3, 0.4) is 0 Å². The van der Waals surface area contributed by atoms with Gasteiger partial charge in [-0.2, -0.15) is 0 Å². The van der Waals surface area contributed by atoms with E-state index in [1.165, 1.54) is 0 Å². The highest BCUT2D eigenvalue weighted by molar-refractivity contribution is 5.65. The largest absolute Gasteiger partial charge is 0.487 e. The maximum absolute atomic E-state index is 5.72. The Labute approximate surface area is 118 Å². The van der Waals surface area contributed by atoms with Gasteiger partial charge >= 0.3 is 0 Å². The first-order valence-electron chi connectivity index (χ1n) is 6.36. The highest BCUT2D eigenvalue weighted by atomic mass is 16.5. The molecule has 20 heavy (non-hydrogen) atoms. The van der Waals surface area contributed by atoms with Crippen molar-refractivity contribution in [3.63, 3.8) is 0 Å². The Morgan fingerprint density at radius 1 is 1.25 bits per heavy atom. The van der Waals surface area contributed by atoms with Crippen LogP contribution < -0.4 is 16.2 Å². The topological polar surface area (TPSA) is 95.2 Å². The van der Waals surface area contributed by atoms with E-state index in [0.29, 0.717) is 23.7 Å². The molecule has 0 atom stereocenters. The molecule has 1 heterocycles. The third-order valence-electron chi connectivity index (χ3n) is 2.81. The van der Waals surface area contributed by atoms with Crippen molar-refractivity contribution < 1.29 is 4.74 Å². The average Bonchev–Trinajstić information content (AvgIpc) is 2.86. The second-order valence-electron chi connectivity index (χ2n) is 4.86. The number of benzene rings is 1. The minimum atomic E-state index is 0.353. The smallest absolute Gasteiger partial charge is 0.134 e. The minimum absolute atomic E-state index is 0.353. The summed E-state index contributed by atoms with van der Waals surface area (Å²) in [5, 5.41) is 8.11. The third-order valence-corrected chi connectivity index (χ3v) is 2.81. The Morgan fingerprint density at radius 3 is 2.75 bits per heavy atom. The first-order chi connectivity index (χ1) is 9.54. The van der Waals surface area contributed by atoms with Crippen molar-refractivity contribution in [2.24, 2.45) is 0 Å². The van der Waals surface area contributed by atoms with Crippen LogP contribution in [0.5, 0.6) is 5.75 Å². The van der Waals surface area contributed by atoms with E-state index in [-0.39, 0.29) is 0 Å². The number of hydrogen-bond acceptors (Lipinski definition) is 6. The fraction of sp³-hybridized carbons (Fsp3) is 0.385. The van der Waals surface area contributed by atoms with Crippen LogP contribution in [0.15, 0.2) is 24.4 Å². The zero-order chi connectivity index (χ0) is 14.5. The molecule has 0 fully saturated rings. The standard InChI is InChI=1S/C13H20N6O/c1-18(2)5-6-19-8-10(16-17-19)9-20-11-3-4-12(14)13(15)7-11/h3-4,7-8H,5-6,9,14-15H2,1-2H3. The summed E-state index contributed by atoms with van der Waals surface area (Å²) in [4.78, 5) is 2.09. The minimum Gasteiger partial charge on any atom is -0.487 e. The number of rotatable bonds is 6. The number of nitrogen functional groups attached to an aromatic ring is 2. The fourth-order valence-electron chi connectivity index (χ4n) is 1.62. The maximum Gasteiger partial charge on any atom is 0.134 e. The van der Waals surface area contributed by atoms with Crippen LogP contribution in [-0.2, 0) is 13.2 Å². The van der Waals surface area contributed by atoms with Crippen molar-refractivity contribution in [1.82, 2.24) is 19.9 Å². The molecule has 2 aromatic rings. The Bertz CT molecular complexity index is 566. The number of hydrogen-bond donors (Lipinski definition) is 2. The lowest BCUT2D eigenvalue weighted by molar-refractivity contribution is 0.301. The van der Waals surface area contributed by atoms with Gasteiger partial charge in [0.05, 0.1) is 24.1 Å². The summed E-state index contributed by atoms with van der Waals surface area (Å²) < 4.78 is 7.41. The molecule has 7 heteroatoms. The Hall–Kier alpha value is -2.28. The zero-order valence-corrected chi connectivity index (χ0v) is 11.8. The van der Waals surface area contributed by atoms with Gasteiger partial charge in [0, 0.05) is 12.6 Å². The van der Waals surface area contributed by atoms with Gasteiger partial charge < -0.3 is 21.1 Å². The predicted octanol–water partition coefficient (Wildman–Crippen LogP) is 0.583. The molecule has 7 nitrogen and oxygen atoms in total. The van der Waals surface area contributed by atoms with Gasteiger partial charge in [-0.3, -0.25) is 4.68 Å². The highest BCUT2D eigenvalue weighted by Crippen LogP contribution is 2.21. The number of ether oxygens (including phenoxy) is 1. The van der Waals surface area contributed by atoms with Gasteiger partial charge in [-0.05, 0) is 26.2 Å². The lowest BCUT2D eigenvalue weighted by Crippen LogP contribution is -2.18. The molecule has 108 valence electrons. The normalized spacial score (nSPS) is 10.9. The molecular weight excluding hydrogens is 256 g/mol. The molecule has 0 amide bonds. The maximum atomic E-state index is 5.72. The third kappa shape index (κ3) is 3.86. The van der Waals surface area contributed by atoms with Crippen molar-refractivity contribution in [2.45, 2.75) is 13.2 Å². The number of nitrogens with zero attached hydrogens (tertiary/aromatic N) is 4. The summed E-state index contributed by atoms with van der Waals surface area (Å²) in [5.41, 5.74) is 13.2. The predicted molar refractivity (Wildman–Crippen MR) is 78.2 cm³/mol. The number of anilines is 2. The van der Waals surface area contributed by atoms with Gasteiger partial charge in [0.1, 0.15) is 18.1 Å². The number of nitrogens with two attached hydrogens (primary N) is 2. The molecule has 0 aliphatic rings. The van der Waals surface area contributed by atoms with E-state index in [9.17, 15) is 0 Å². The van der Waals surface area contributed by atoms with Crippen molar-refractivity contribution in [1.29, 1.82) is 0 Å². The van der Waals surface area contributed by atoms with E-state index in [2.05, 4.69) is 15.2 Å². The fourth-order valence-corrected chi connectivity index (χ4v) is 1.62. The number of aromatic nitrogens is 3. The van der Waals surface area contributed by atoms with Crippen molar-refractivity contribution in [3.05, 3.63) is 30.1 Å². The highest BCUT2D eigenvalue weighted by Gasteiger charge is 2.03. The molecule has 0 unspecified atom stereocenters. The second-order valence-corrected chi connectivity index (χ2v) is 4.86. The van der Waals surface area contributed by atoms with Gasteiger partial charge in [0.15, 0.2) is 0 Å². The molecular formula is C13H20N6O. The zero-order valence-electron chi connectivity index (χ0n) is 11.8. The molecule has 0 radical (unpaired) electrons. The molecule has 0 aliphatic heterocycles. The van der Waals surface area contributed by atoms with Gasteiger partial charge in [-0.15, -0.1) is 5.10 Å². The van der Waals surface area contributed by atoms with Gasteiger partial charge in [0.2, 0.25) is 0 Å². The molecule has 1 aromatic carbocycles. The summed E-state index contributed by atoms with van der Waals surface area (Å²) in [5.74, 6) is 0.666. The van der Waals surface area contributed by atoms with Gasteiger partial charge in [-0.1, -0.05) is 5.21 Å². The summed E-state index contributed by atoms with van der Waals surface area (Å²) in [6, 6.07) is 5.20. The van der Waals surface area contributed by atoms with E-state index in [1.54, 1.807) is 22.9 Å². The quantitative estimate of drug-likeness (QED) is 0.749. The van der Waals surface area contributed by atoms with Crippen LogP contribution >= 0.6 is 0 Å². The second kappa shape index (κ2) is 6.25. The van der Waals surface area contributed by atoms with Gasteiger partial charge in [0.25, 0.3) is 0 Å². The Kier molecular flexibility index (Phi) is 4.41. The van der Waals surface area contributed by atoms with Crippen molar-refractivity contribution in [2.75, 3.05) is 32.1 Å². The molecule has 0 saturated heterocycles. The first-order valence-corrected chi connectivity index (χ1v) is 6.36. The molecule has 0 bridgehead atoms. The average molecular weight is 276 g/mol. The van der Waals surface area contributed by atoms with E-state index < -0.39 is 0 Å². The molecule has 0 spiro atoms. The Morgan fingerprint density at radius 2 is 2.05 bits per heavy atom. The summed E-state index contributed by atoms with van der Waals surface area (Å²) >= 11 is 0. The van der Waals surface area contributed by atoms with Crippen LogP contribution in [-0.4, -0.2) is 40.5 Å². The van der Waals surface area contributed by atoms with E-state index in [4.69, 9.17) is 16.2 Å². The Balaban J connectivity index is 1.89. The van der Waals surface area contributed by atoms with Crippen LogP contribution in [0.4, 0.5) is 11.4 Å². The van der Waals surface area contributed by atoms with E-state index in [1.807, 2.05) is 20.3 Å². The summed E-state index contributed by atoms with van der Waals surface area (Å²) in [6.07, 6.45) is 1.88. The molecule has 1 aromatic heterocycles. The van der Waals surface area contributed by atoms with Crippen LogP contribution in [0.1, 0.15) is 5.69 Å². The van der Waals surface area contributed by atoms with Crippen LogP contribution in [0.25, 0.3) is 0 Å². The molecule has 4 N–H and O–H groups in total. The summed E-state index contributed by atoms with van der Waals surface area (Å²) in [7, 11) is 4.04. The van der Waals surface area contributed by atoms with Gasteiger partial charge in [-0.25, -0.2) is 0 Å². The van der Waals surface area contributed by atoms with E-state index in [0.717, 1.165) is 18.8 Å². The van der Waals surface area contributed by atoms with Crippen LogP contribution in [0, 0.1) is 0 Å². The van der Waals surface area contributed by atoms with Crippen molar-refractivity contribution in [3.8, 4) is 5.75 Å².